The van der Waals surface area contributed by atoms with E-state index in [1.807, 2.05) is 30.5 Å². The molecule has 0 heterocycles. The molecular formula is C12H14BrNO3S. The van der Waals surface area contributed by atoms with Crippen LogP contribution in [0.4, 0.5) is 0 Å². The van der Waals surface area contributed by atoms with E-state index in [0.717, 1.165) is 10.0 Å². The third-order valence-corrected chi connectivity index (χ3v) is 3.24. The summed E-state index contributed by atoms with van der Waals surface area (Å²) in [5.74, 6) is -0.870. The van der Waals surface area contributed by atoms with Crippen molar-refractivity contribution in [2.24, 2.45) is 0 Å². The van der Waals surface area contributed by atoms with Crippen molar-refractivity contribution < 1.29 is 14.7 Å². The minimum Gasteiger partial charge on any atom is -0.480 e. The summed E-state index contributed by atoms with van der Waals surface area (Å²) < 4.78 is 0.910. The van der Waals surface area contributed by atoms with Crippen LogP contribution in [0, 0.1) is 0 Å². The monoisotopic (exact) mass is 331 g/mol. The zero-order valence-electron chi connectivity index (χ0n) is 9.93. The van der Waals surface area contributed by atoms with Gasteiger partial charge in [-0.1, -0.05) is 28.1 Å². The van der Waals surface area contributed by atoms with Gasteiger partial charge in [-0.05, 0) is 24.0 Å². The smallest absolute Gasteiger partial charge is 0.323 e. The van der Waals surface area contributed by atoms with E-state index in [2.05, 4.69) is 15.9 Å². The summed E-state index contributed by atoms with van der Waals surface area (Å²) in [5, 5.41) is 8.82. The van der Waals surface area contributed by atoms with Gasteiger partial charge < -0.3 is 10.0 Å². The van der Waals surface area contributed by atoms with Gasteiger partial charge in [-0.25, -0.2) is 0 Å². The molecule has 0 saturated heterocycles. The molecule has 0 saturated carbocycles. The second kappa shape index (κ2) is 7.43. The van der Waals surface area contributed by atoms with Gasteiger partial charge in [0.05, 0.1) is 5.75 Å². The lowest BCUT2D eigenvalue weighted by Crippen LogP contribution is -2.36. The van der Waals surface area contributed by atoms with Crippen molar-refractivity contribution in [3.8, 4) is 0 Å². The lowest BCUT2D eigenvalue weighted by molar-refractivity contribution is -0.143. The molecule has 6 heteroatoms. The van der Waals surface area contributed by atoms with Crippen LogP contribution in [-0.4, -0.2) is 40.4 Å². The number of carboxylic acid groups (broad SMARTS) is 1. The Morgan fingerprint density at radius 3 is 2.72 bits per heavy atom. The highest BCUT2D eigenvalue weighted by molar-refractivity contribution is 9.10. The molecule has 0 aliphatic carbocycles. The SMILES string of the molecule is CSCC(=O)N(CC(=O)O)Cc1cccc(Br)c1. The molecule has 0 bridgehead atoms. The molecule has 0 atom stereocenters. The zero-order chi connectivity index (χ0) is 13.5. The van der Waals surface area contributed by atoms with E-state index in [1.54, 1.807) is 0 Å². The van der Waals surface area contributed by atoms with Gasteiger partial charge in [0.25, 0.3) is 0 Å². The average Bonchev–Trinajstić information content (AvgIpc) is 2.28. The molecule has 0 unspecified atom stereocenters. The molecule has 0 spiro atoms. The number of carbonyl (C=O) groups is 2. The highest BCUT2D eigenvalue weighted by atomic mass is 79.9. The van der Waals surface area contributed by atoms with Crippen molar-refractivity contribution in [1.82, 2.24) is 4.90 Å². The predicted octanol–water partition coefficient (Wildman–Crippen LogP) is 2.23. The normalized spacial score (nSPS) is 10.1. The lowest BCUT2D eigenvalue weighted by atomic mass is 10.2. The first kappa shape index (κ1) is 15.0. The first-order valence-corrected chi connectivity index (χ1v) is 7.44. The number of thioether (sulfide) groups is 1. The van der Waals surface area contributed by atoms with Crippen LogP contribution in [0.5, 0.6) is 0 Å². The average molecular weight is 332 g/mol. The van der Waals surface area contributed by atoms with Crippen molar-refractivity contribution in [3.63, 3.8) is 0 Å². The minimum atomic E-state index is -1.00. The fourth-order valence-corrected chi connectivity index (χ4v) is 2.34. The number of hydrogen-bond acceptors (Lipinski definition) is 3. The Morgan fingerprint density at radius 2 is 2.17 bits per heavy atom. The molecule has 1 aromatic carbocycles. The summed E-state index contributed by atoms with van der Waals surface area (Å²) in [6.07, 6.45) is 1.82. The number of halogens is 1. The van der Waals surface area contributed by atoms with Gasteiger partial charge in [0.15, 0.2) is 0 Å². The van der Waals surface area contributed by atoms with Gasteiger partial charge in [0.2, 0.25) is 5.91 Å². The molecule has 4 nitrogen and oxygen atoms in total. The van der Waals surface area contributed by atoms with Crippen LogP contribution in [-0.2, 0) is 16.1 Å². The molecule has 1 rings (SSSR count). The van der Waals surface area contributed by atoms with Crippen LogP contribution in [0.2, 0.25) is 0 Å². The Bertz CT molecular complexity index is 439. The number of rotatable bonds is 6. The van der Waals surface area contributed by atoms with Crippen molar-refractivity contribution in [3.05, 3.63) is 34.3 Å². The van der Waals surface area contributed by atoms with Gasteiger partial charge in [0, 0.05) is 11.0 Å². The Hall–Kier alpha value is -1.01. The van der Waals surface area contributed by atoms with Gasteiger partial charge in [-0.15, -0.1) is 0 Å². The summed E-state index contributed by atoms with van der Waals surface area (Å²) >= 11 is 4.73. The summed E-state index contributed by atoms with van der Waals surface area (Å²) in [7, 11) is 0. The molecule has 0 aromatic heterocycles. The van der Waals surface area contributed by atoms with E-state index < -0.39 is 5.97 Å². The maximum atomic E-state index is 11.8. The number of amides is 1. The summed E-state index contributed by atoms with van der Waals surface area (Å²) in [6.45, 7) is 0.0387. The summed E-state index contributed by atoms with van der Waals surface area (Å²) in [6, 6.07) is 7.49. The molecule has 1 amide bonds. The lowest BCUT2D eigenvalue weighted by Gasteiger charge is -2.20. The van der Waals surface area contributed by atoms with Crippen LogP contribution in [0.3, 0.4) is 0 Å². The van der Waals surface area contributed by atoms with E-state index in [4.69, 9.17) is 5.11 Å². The van der Waals surface area contributed by atoms with Gasteiger partial charge in [0.1, 0.15) is 6.54 Å². The standard InChI is InChI=1S/C12H14BrNO3S/c1-18-8-11(15)14(7-12(16)17)6-9-3-2-4-10(13)5-9/h2-5H,6-8H2,1H3,(H,16,17). The topological polar surface area (TPSA) is 57.6 Å². The van der Waals surface area contributed by atoms with Crippen molar-refractivity contribution in [2.75, 3.05) is 18.6 Å². The second-order valence-corrected chi connectivity index (χ2v) is 5.49. The Labute approximate surface area is 118 Å². The quantitative estimate of drug-likeness (QED) is 0.868. The maximum Gasteiger partial charge on any atom is 0.323 e. The van der Waals surface area contributed by atoms with Crippen LogP contribution in [0.1, 0.15) is 5.56 Å². The number of nitrogens with zero attached hydrogens (tertiary/aromatic N) is 1. The van der Waals surface area contributed by atoms with E-state index in [-0.39, 0.29) is 12.5 Å². The summed E-state index contributed by atoms with van der Waals surface area (Å²) in [4.78, 5) is 23.9. The molecule has 1 aromatic rings. The van der Waals surface area contributed by atoms with E-state index in [9.17, 15) is 9.59 Å². The largest absolute Gasteiger partial charge is 0.480 e. The third-order valence-electron chi connectivity index (χ3n) is 2.21. The molecule has 0 fully saturated rings. The molecule has 1 N–H and O–H groups in total. The third kappa shape index (κ3) is 5.10. The number of carboxylic acids is 1. The fourth-order valence-electron chi connectivity index (χ4n) is 1.47. The maximum absolute atomic E-state index is 11.8. The number of benzene rings is 1. The Balaban J connectivity index is 2.77. The van der Waals surface area contributed by atoms with E-state index >= 15 is 0 Å². The highest BCUT2D eigenvalue weighted by Gasteiger charge is 2.16. The van der Waals surface area contributed by atoms with E-state index in [0.29, 0.717) is 12.3 Å². The molecular weight excluding hydrogens is 318 g/mol. The molecule has 98 valence electrons. The van der Waals surface area contributed by atoms with Crippen LogP contribution in [0.25, 0.3) is 0 Å². The molecule has 18 heavy (non-hydrogen) atoms. The molecule has 0 aliphatic rings. The summed E-state index contributed by atoms with van der Waals surface area (Å²) in [5.41, 5.74) is 0.903. The first-order chi connectivity index (χ1) is 8.52. The van der Waals surface area contributed by atoms with Crippen LogP contribution < -0.4 is 0 Å². The van der Waals surface area contributed by atoms with Crippen LogP contribution in [0.15, 0.2) is 28.7 Å². The zero-order valence-corrected chi connectivity index (χ0v) is 12.3. The number of aliphatic carboxylic acids is 1. The van der Waals surface area contributed by atoms with Crippen molar-refractivity contribution >= 4 is 39.6 Å². The highest BCUT2D eigenvalue weighted by Crippen LogP contribution is 2.14. The van der Waals surface area contributed by atoms with Gasteiger partial charge in [-0.3, -0.25) is 9.59 Å². The van der Waals surface area contributed by atoms with Gasteiger partial charge in [-0.2, -0.15) is 11.8 Å². The molecule has 0 aliphatic heterocycles. The van der Waals surface area contributed by atoms with Crippen LogP contribution >= 0.6 is 27.7 Å². The minimum absolute atomic E-state index is 0.162. The van der Waals surface area contributed by atoms with Crippen molar-refractivity contribution in [1.29, 1.82) is 0 Å². The Morgan fingerprint density at radius 1 is 1.44 bits per heavy atom. The number of hydrogen-bond donors (Lipinski definition) is 1. The Kier molecular flexibility index (Phi) is 6.21. The second-order valence-electron chi connectivity index (χ2n) is 3.71. The number of carbonyl (C=O) groups excluding carboxylic acids is 1. The fraction of sp³-hybridized carbons (Fsp3) is 0.333. The van der Waals surface area contributed by atoms with Gasteiger partial charge >= 0.3 is 5.97 Å². The van der Waals surface area contributed by atoms with E-state index in [1.165, 1.54) is 16.7 Å². The predicted molar refractivity (Wildman–Crippen MR) is 75.6 cm³/mol. The van der Waals surface area contributed by atoms with Crippen molar-refractivity contribution in [2.45, 2.75) is 6.54 Å². The molecule has 0 radical (unpaired) electrons. The first-order valence-electron chi connectivity index (χ1n) is 5.26.